The molecule has 1 fully saturated rings. The summed E-state index contributed by atoms with van der Waals surface area (Å²) < 4.78 is 6.01. The van der Waals surface area contributed by atoms with Crippen LogP contribution in [0.25, 0.3) is 0 Å². The number of hydrogen-bond acceptors (Lipinski definition) is 3. The molecule has 1 aliphatic rings. The highest BCUT2D eigenvalue weighted by Gasteiger charge is 2.24. The van der Waals surface area contributed by atoms with E-state index < -0.39 is 0 Å². The second-order valence-corrected chi connectivity index (χ2v) is 8.16. The van der Waals surface area contributed by atoms with Crippen molar-refractivity contribution in [3.63, 3.8) is 0 Å². The minimum atomic E-state index is 0. The summed E-state index contributed by atoms with van der Waals surface area (Å²) in [4.78, 5) is 18.5. The van der Waals surface area contributed by atoms with E-state index in [0.717, 1.165) is 56.2 Å². The fourth-order valence-corrected chi connectivity index (χ4v) is 4.09. The lowest BCUT2D eigenvalue weighted by atomic mass is 9.98. The molecule has 1 aliphatic carbocycles. The van der Waals surface area contributed by atoms with Crippen molar-refractivity contribution in [2.24, 2.45) is 10.9 Å². The Labute approximate surface area is 205 Å². The first-order valence-corrected chi connectivity index (χ1v) is 11.5. The van der Waals surface area contributed by atoms with E-state index in [1.54, 1.807) is 19.0 Å². The summed E-state index contributed by atoms with van der Waals surface area (Å²) in [5, 5.41) is 6.74. The second-order valence-electron chi connectivity index (χ2n) is 8.16. The van der Waals surface area contributed by atoms with Gasteiger partial charge in [0.15, 0.2) is 5.96 Å². The van der Waals surface area contributed by atoms with Gasteiger partial charge in [0.2, 0.25) is 0 Å². The van der Waals surface area contributed by atoms with Gasteiger partial charge in [0, 0.05) is 45.9 Å². The molecule has 31 heavy (non-hydrogen) atoms. The van der Waals surface area contributed by atoms with Gasteiger partial charge in [0.05, 0.1) is 6.10 Å². The van der Waals surface area contributed by atoms with Crippen molar-refractivity contribution < 1.29 is 9.53 Å². The average Bonchev–Trinajstić information content (AvgIpc) is 3.27. The normalized spacial score (nSPS) is 15.3. The molecule has 1 unspecified atom stereocenters. The fourth-order valence-electron chi connectivity index (χ4n) is 4.09. The van der Waals surface area contributed by atoms with Gasteiger partial charge in [-0.2, -0.15) is 0 Å². The maximum atomic E-state index is 12.1. The second kappa shape index (κ2) is 15.5. The van der Waals surface area contributed by atoms with E-state index in [1.807, 2.05) is 18.2 Å². The Morgan fingerprint density at radius 1 is 1.23 bits per heavy atom. The molecule has 1 aromatic carbocycles. The number of carbonyl (C=O) groups excluding carboxylic acids is 1. The van der Waals surface area contributed by atoms with Gasteiger partial charge in [-0.1, -0.05) is 25.0 Å². The Morgan fingerprint density at radius 2 is 1.97 bits per heavy atom. The van der Waals surface area contributed by atoms with Gasteiger partial charge in [-0.05, 0) is 63.1 Å². The Bertz CT molecular complexity index is 675. The number of aliphatic imine (C=N–C) groups is 1. The largest absolute Gasteiger partial charge is 0.378 e. The van der Waals surface area contributed by atoms with Gasteiger partial charge in [-0.15, -0.1) is 24.0 Å². The zero-order valence-corrected chi connectivity index (χ0v) is 22.0. The monoisotopic (exact) mass is 544 g/mol. The van der Waals surface area contributed by atoms with E-state index in [4.69, 9.17) is 9.73 Å². The third-order valence-corrected chi connectivity index (χ3v) is 5.62. The van der Waals surface area contributed by atoms with Crippen molar-refractivity contribution in [3.8, 4) is 0 Å². The Morgan fingerprint density at radius 3 is 2.61 bits per heavy atom. The van der Waals surface area contributed by atoms with Crippen LogP contribution in [-0.4, -0.2) is 63.2 Å². The van der Waals surface area contributed by atoms with Crippen molar-refractivity contribution in [2.75, 3.05) is 40.3 Å². The molecule has 1 aromatic rings. The molecule has 1 saturated carbocycles. The van der Waals surface area contributed by atoms with E-state index in [9.17, 15) is 4.79 Å². The van der Waals surface area contributed by atoms with Gasteiger partial charge < -0.3 is 20.3 Å². The summed E-state index contributed by atoms with van der Waals surface area (Å²) in [6, 6.07) is 7.85. The van der Waals surface area contributed by atoms with Crippen LogP contribution in [0.1, 0.15) is 61.9 Å². The SMILES string of the molecule is CCNC(=NCCC(OCC)C1CCCC1)NCCc1cccc(C(=O)N(C)C)c1.I. The van der Waals surface area contributed by atoms with Crippen molar-refractivity contribution >= 4 is 35.8 Å². The summed E-state index contributed by atoms with van der Waals surface area (Å²) in [5.41, 5.74) is 1.87. The third kappa shape index (κ3) is 9.76. The van der Waals surface area contributed by atoms with Crippen molar-refractivity contribution in [2.45, 2.75) is 58.5 Å². The highest BCUT2D eigenvalue weighted by Crippen LogP contribution is 2.30. The molecule has 7 heteroatoms. The van der Waals surface area contributed by atoms with Gasteiger partial charge in [-0.25, -0.2) is 0 Å². The van der Waals surface area contributed by atoms with Crippen LogP contribution in [0.4, 0.5) is 0 Å². The summed E-state index contributed by atoms with van der Waals surface area (Å²) in [6.07, 6.45) is 7.41. The standard InChI is InChI=1S/C24H40N4O2.HI/c1-5-25-24(27-17-15-22(30-6-2)20-11-7-8-12-20)26-16-14-19-10-9-13-21(18-19)23(29)28(3)4;/h9-10,13,18,20,22H,5-8,11-12,14-17H2,1-4H3,(H2,25,26,27);1H. The summed E-state index contributed by atoms with van der Waals surface area (Å²) in [5.74, 6) is 1.58. The third-order valence-electron chi connectivity index (χ3n) is 5.62. The van der Waals surface area contributed by atoms with E-state index in [0.29, 0.717) is 12.0 Å². The molecule has 2 N–H and O–H groups in total. The minimum absolute atomic E-state index is 0. The molecular weight excluding hydrogens is 503 g/mol. The van der Waals surface area contributed by atoms with Gasteiger partial charge in [-0.3, -0.25) is 9.79 Å². The zero-order valence-electron chi connectivity index (χ0n) is 19.7. The van der Waals surface area contributed by atoms with Crippen molar-refractivity contribution in [1.82, 2.24) is 15.5 Å². The van der Waals surface area contributed by atoms with Gasteiger partial charge >= 0.3 is 0 Å². The predicted molar refractivity (Wildman–Crippen MR) is 140 cm³/mol. The molecule has 0 bridgehead atoms. The molecule has 0 spiro atoms. The van der Waals surface area contributed by atoms with E-state index in [2.05, 4.69) is 30.5 Å². The highest BCUT2D eigenvalue weighted by molar-refractivity contribution is 14.0. The van der Waals surface area contributed by atoms with Crippen LogP contribution in [0.2, 0.25) is 0 Å². The lowest BCUT2D eigenvalue weighted by molar-refractivity contribution is 0.0177. The molecular formula is C24H41IN4O2. The number of hydrogen-bond donors (Lipinski definition) is 2. The van der Waals surface area contributed by atoms with Crippen LogP contribution in [0.5, 0.6) is 0 Å². The molecule has 0 aromatic heterocycles. The molecule has 0 aliphatic heterocycles. The van der Waals surface area contributed by atoms with Crippen LogP contribution in [0.15, 0.2) is 29.3 Å². The number of carbonyl (C=O) groups is 1. The molecule has 1 atom stereocenters. The zero-order chi connectivity index (χ0) is 21.8. The summed E-state index contributed by atoms with van der Waals surface area (Å²) >= 11 is 0. The number of nitrogens with zero attached hydrogens (tertiary/aromatic N) is 2. The van der Waals surface area contributed by atoms with Crippen LogP contribution in [0.3, 0.4) is 0 Å². The number of ether oxygens (including phenoxy) is 1. The lowest BCUT2D eigenvalue weighted by Gasteiger charge is -2.22. The average molecular weight is 545 g/mol. The molecule has 6 nitrogen and oxygen atoms in total. The number of nitrogens with one attached hydrogen (secondary N) is 2. The lowest BCUT2D eigenvalue weighted by Crippen LogP contribution is -2.38. The number of rotatable bonds is 11. The Kier molecular flexibility index (Phi) is 13.8. The maximum absolute atomic E-state index is 12.1. The smallest absolute Gasteiger partial charge is 0.253 e. The molecule has 1 amide bonds. The minimum Gasteiger partial charge on any atom is -0.378 e. The molecule has 176 valence electrons. The van der Waals surface area contributed by atoms with Crippen LogP contribution < -0.4 is 10.6 Å². The van der Waals surface area contributed by atoms with Crippen LogP contribution in [0, 0.1) is 5.92 Å². The van der Waals surface area contributed by atoms with Crippen LogP contribution >= 0.6 is 24.0 Å². The number of benzene rings is 1. The topological polar surface area (TPSA) is 66.0 Å². The quantitative estimate of drug-likeness (QED) is 0.250. The molecule has 0 saturated heterocycles. The summed E-state index contributed by atoms with van der Waals surface area (Å²) in [6.45, 7) is 7.30. The predicted octanol–water partition coefficient (Wildman–Crippen LogP) is 4.09. The van der Waals surface area contributed by atoms with E-state index >= 15 is 0 Å². The highest BCUT2D eigenvalue weighted by atomic mass is 127. The van der Waals surface area contributed by atoms with Crippen LogP contribution in [-0.2, 0) is 11.2 Å². The number of amides is 1. The molecule has 0 radical (unpaired) electrons. The van der Waals surface area contributed by atoms with Crippen molar-refractivity contribution in [3.05, 3.63) is 35.4 Å². The Hall–Kier alpha value is -1.35. The molecule has 2 rings (SSSR count). The van der Waals surface area contributed by atoms with Crippen molar-refractivity contribution in [1.29, 1.82) is 0 Å². The van der Waals surface area contributed by atoms with E-state index in [-0.39, 0.29) is 29.9 Å². The summed E-state index contributed by atoms with van der Waals surface area (Å²) in [7, 11) is 3.55. The van der Waals surface area contributed by atoms with Gasteiger partial charge in [0.25, 0.3) is 5.91 Å². The van der Waals surface area contributed by atoms with E-state index in [1.165, 1.54) is 25.7 Å². The number of guanidine groups is 1. The first-order valence-electron chi connectivity index (χ1n) is 11.5. The maximum Gasteiger partial charge on any atom is 0.253 e. The molecule has 0 heterocycles. The number of halogens is 1. The Balaban J connectivity index is 0.00000480. The fraction of sp³-hybridized carbons (Fsp3) is 0.667. The first-order chi connectivity index (χ1) is 14.5. The first kappa shape index (κ1) is 27.7. The van der Waals surface area contributed by atoms with Gasteiger partial charge in [0.1, 0.15) is 0 Å².